The van der Waals surface area contributed by atoms with E-state index in [2.05, 4.69) is 19.2 Å². The van der Waals surface area contributed by atoms with Crippen molar-refractivity contribution in [1.29, 1.82) is 5.26 Å². The van der Waals surface area contributed by atoms with Crippen LogP contribution in [-0.4, -0.2) is 6.04 Å². The lowest BCUT2D eigenvalue weighted by atomic mass is 9.97. The van der Waals surface area contributed by atoms with Crippen molar-refractivity contribution in [1.82, 2.24) is 5.32 Å². The molecule has 1 aromatic rings. The largest absolute Gasteiger partial charge is 0.310 e. The fraction of sp³-hybridized carbons (Fsp3) is 0.533. The predicted octanol–water partition coefficient (Wildman–Crippen LogP) is 3.22. The SMILES string of the molecule is CC1CCC(NCc2ccc(C#N)cc2F)C1C. The molecule has 3 heteroatoms. The third-order valence-electron chi connectivity index (χ3n) is 4.20. The molecule has 0 bridgehead atoms. The third kappa shape index (κ3) is 2.70. The first kappa shape index (κ1) is 13.0. The highest BCUT2D eigenvalue weighted by Gasteiger charge is 2.29. The second-order valence-electron chi connectivity index (χ2n) is 5.32. The van der Waals surface area contributed by atoms with Crippen molar-refractivity contribution in [2.75, 3.05) is 0 Å². The monoisotopic (exact) mass is 246 g/mol. The summed E-state index contributed by atoms with van der Waals surface area (Å²) in [5.41, 5.74) is 1.01. The van der Waals surface area contributed by atoms with Gasteiger partial charge in [0, 0.05) is 18.2 Å². The Labute approximate surface area is 108 Å². The van der Waals surface area contributed by atoms with Crippen molar-refractivity contribution in [3.8, 4) is 6.07 Å². The van der Waals surface area contributed by atoms with E-state index < -0.39 is 0 Å². The average molecular weight is 246 g/mol. The van der Waals surface area contributed by atoms with Crippen molar-refractivity contribution >= 4 is 0 Å². The smallest absolute Gasteiger partial charge is 0.129 e. The first-order valence-electron chi connectivity index (χ1n) is 6.53. The summed E-state index contributed by atoms with van der Waals surface area (Å²) in [6, 6.07) is 7.10. The molecule has 0 spiro atoms. The topological polar surface area (TPSA) is 35.8 Å². The van der Waals surface area contributed by atoms with Gasteiger partial charge in [0.2, 0.25) is 0 Å². The molecule has 0 aromatic heterocycles. The van der Waals surface area contributed by atoms with E-state index in [1.807, 2.05) is 6.07 Å². The van der Waals surface area contributed by atoms with Crippen LogP contribution in [0, 0.1) is 29.0 Å². The van der Waals surface area contributed by atoms with Gasteiger partial charge >= 0.3 is 0 Å². The molecule has 2 nitrogen and oxygen atoms in total. The van der Waals surface area contributed by atoms with E-state index in [1.165, 1.54) is 18.9 Å². The summed E-state index contributed by atoms with van der Waals surface area (Å²) in [4.78, 5) is 0. The fourth-order valence-electron chi connectivity index (χ4n) is 2.65. The van der Waals surface area contributed by atoms with E-state index in [4.69, 9.17) is 5.26 Å². The van der Waals surface area contributed by atoms with Gasteiger partial charge in [-0.25, -0.2) is 4.39 Å². The van der Waals surface area contributed by atoms with E-state index in [0.717, 1.165) is 5.92 Å². The van der Waals surface area contributed by atoms with Gasteiger partial charge in [0.05, 0.1) is 11.6 Å². The van der Waals surface area contributed by atoms with Crippen LogP contribution in [0.25, 0.3) is 0 Å². The molecule has 0 amide bonds. The van der Waals surface area contributed by atoms with Crippen LogP contribution in [0.3, 0.4) is 0 Å². The second kappa shape index (κ2) is 5.49. The van der Waals surface area contributed by atoms with Gasteiger partial charge in [0.25, 0.3) is 0 Å². The Balaban J connectivity index is 1.97. The normalized spacial score (nSPS) is 27.1. The van der Waals surface area contributed by atoms with Crippen molar-refractivity contribution in [3.63, 3.8) is 0 Å². The molecular formula is C15H19FN2. The Morgan fingerprint density at radius 3 is 2.72 bits per heavy atom. The Bertz CT molecular complexity index is 464. The fourth-order valence-corrected chi connectivity index (χ4v) is 2.65. The standard InChI is InChI=1S/C15H19FN2/c1-10-3-6-15(11(10)2)18-9-13-5-4-12(8-17)7-14(13)16/h4-5,7,10-11,15,18H,3,6,9H2,1-2H3. The third-order valence-corrected chi connectivity index (χ3v) is 4.20. The first-order valence-corrected chi connectivity index (χ1v) is 6.53. The number of nitrogens with zero attached hydrogens (tertiary/aromatic N) is 1. The van der Waals surface area contributed by atoms with Crippen molar-refractivity contribution < 1.29 is 4.39 Å². The molecule has 1 aromatic carbocycles. The molecule has 1 aliphatic carbocycles. The highest BCUT2D eigenvalue weighted by atomic mass is 19.1. The molecule has 0 aliphatic heterocycles. The Morgan fingerprint density at radius 1 is 1.39 bits per heavy atom. The molecule has 0 saturated heterocycles. The van der Waals surface area contributed by atoms with Gasteiger partial charge in [-0.2, -0.15) is 5.26 Å². The van der Waals surface area contributed by atoms with Crippen LogP contribution in [0.15, 0.2) is 18.2 Å². The minimum atomic E-state index is -0.291. The van der Waals surface area contributed by atoms with Crippen molar-refractivity contribution in [2.45, 2.75) is 39.3 Å². The minimum absolute atomic E-state index is 0.291. The van der Waals surface area contributed by atoms with Crippen LogP contribution in [0.4, 0.5) is 4.39 Å². The molecule has 96 valence electrons. The molecule has 3 atom stereocenters. The number of nitriles is 1. The first-order chi connectivity index (χ1) is 8.61. The maximum absolute atomic E-state index is 13.7. The van der Waals surface area contributed by atoms with Gasteiger partial charge < -0.3 is 5.32 Å². The lowest BCUT2D eigenvalue weighted by Gasteiger charge is -2.19. The van der Waals surface area contributed by atoms with Crippen LogP contribution < -0.4 is 5.32 Å². The summed E-state index contributed by atoms with van der Waals surface area (Å²) >= 11 is 0. The van der Waals surface area contributed by atoms with Crippen LogP contribution >= 0.6 is 0 Å². The Kier molecular flexibility index (Phi) is 3.98. The molecule has 18 heavy (non-hydrogen) atoms. The molecule has 2 rings (SSSR count). The minimum Gasteiger partial charge on any atom is -0.310 e. The molecule has 3 unspecified atom stereocenters. The zero-order valence-electron chi connectivity index (χ0n) is 10.9. The number of benzene rings is 1. The second-order valence-corrected chi connectivity index (χ2v) is 5.32. The number of rotatable bonds is 3. The van der Waals surface area contributed by atoms with Crippen molar-refractivity contribution in [2.24, 2.45) is 11.8 Å². The molecule has 0 heterocycles. The van der Waals surface area contributed by atoms with Gasteiger partial charge in [-0.15, -0.1) is 0 Å². The van der Waals surface area contributed by atoms with Crippen molar-refractivity contribution in [3.05, 3.63) is 35.1 Å². The van der Waals surface area contributed by atoms with E-state index >= 15 is 0 Å². The van der Waals surface area contributed by atoms with E-state index in [1.54, 1.807) is 12.1 Å². The van der Waals surface area contributed by atoms with E-state index in [9.17, 15) is 4.39 Å². The molecule has 1 saturated carbocycles. The Hall–Kier alpha value is -1.40. The lowest BCUT2D eigenvalue weighted by molar-refractivity contribution is 0.368. The maximum atomic E-state index is 13.7. The quantitative estimate of drug-likeness (QED) is 0.888. The predicted molar refractivity (Wildman–Crippen MR) is 69.3 cm³/mol. The van der Waals surface area contributed by atoms with Crippen LogP contribution in [-0.2, 0) is 6.54 Å². The van der Waals surface area contributed by atoms with Gasteiger partial charge in [-0.1, -0.05) is 19.9 Å². The van der Waals surface area contributed by atoms with Gasteiger partial charge in [0.15, 0.2) is 0 Å². The Morgan fingerprint density at radius 2 is 2.17 bits per heavy atom. The molecule has 0 radical (unpaired) electrons. The van der Waals surface area contributed by atoms with E-state index in [0.29, 0.717) is 29.6 Å². The number of halogens is 1. The summed E-state index contributed by atoms with van der Waals surface area (Å²) in [6.07, 6.45) is 2.41. The molecule has 1 aliphatic rings. The van der Waals surface area contributed by atoms with Gasteiger partial charge in [0.1, 0.15) is 5.82 Å². The number of hydrogen-bond acceptors (Lipinski definition) is 2. The summed E-state index contributed by atoms with van der Waals surface area (Å²) < 4.78 is 13.7. The van der Waals surface area contributed by atoms with Crippen LogP contribution in [0.5, 0.6) is 0 Å². The summed E-state index contributed by atoms with van der Waals surface area (Å²) in [6.45, 7) is 5.07. The number of nitrogens with one attached hydrogen (secondary N) is 1. The highest BCUT2D eigenvalue weighted by Crippen LogP contribution is 2.31. The van der Waals surface area contributed by atoms with Crippen LogP contribution in [0.1, 0.15) is 37.8 Å². The molecule has 1 N–H and O–H groups in total. The van der Waals surface area contributed by atoms with Gasteiger partial charge in [-0.3, -0.25) is 0 Å². The lowest BCUT2D eigenvalue weighted by Crippen LogP contribution is -2.32. The molecule has 1 fully saturated rings. The van der Waals surface area contributed by atoms with Gasteiger partial charge in [-0.05, 0) is 36.8 Å². The zero-order valence-corrected chi connectivity index (χ0v) is 10.9. The maximum Gasteiger partial charge on any atom is 0.129 e. The highest BCUT2D eigenvalue weighted by molar-refractivity contribution is 5.32. The summed E-state index contributed by atoms with van der Waals surface area (Å²) in [5.74, 6) is 1.10. The number of hydrogen-bond donors (Lipinski definition) is 1. The summed E-state index contributed by atoms with van der Waals surface area (Å²) in [7, 11) is 0. The van der Waals surface area contributed by atoms with E-state index in [-0.39, 0.29) is 5.82 Å². The van der Waals surface area contributed by atoms with Crippen LogP contribution in [0.2, 0.25) is 0 Å². The summed E-state index contributed by atoms with van der Waals surface area (Å²) in [5, 5.41) is 12.1. The zero-order chi connectivity index (χ0) is 13.1. The molecular weight excluding hydrogens is 227 g/mol. The average Bonchev–Trinajstić information content (AvgIpc) is 2.68.